The molecule has 1 atom stereocenters. The Morgan fingerprint density at radius 3 is 2.58 bits per heavy atom. The van der Waals surface area contributed by atoms with E-state index in [2.05, 4.69) is 5.32 Å². The highest BCUT2D eigenvalue weighted by molar-refractivity contribution is 5.80. The summed E-state index contributed by atoms with van der Waals surface area (Å²) >= 11 is 0. The summed E-state index contributed by atoms with van der Waals surface area (Å²) in [5.41, 5.74) is 2.33. The smallest absolute Gasteiger partial charge is 0.249 e. The molecule has 4 heteroatoms. The minimum atomic E-state index is -0.251. The Morgan fingerprint density at radius 2 is 1.88 bits per heavy atom. The normalized spacial score (nSPS) is 16.8. The molecule has 1 aliphatic heterocycles. The maximum absolute atomic E-state index is 11.9. The molecule has 1 aliphatic rings. The van der Waals surface area contributed by atoms with Gasteiger partial charge in [0.15, 0.2) is 0 Å². The monoisotopic (exact) mass is 325 g/mol. The quantitative estimate of drug-likeness (QED) is 0.851. The van der Waals surface area contributed by atoms with Gasteiger partial charge in [0.2, 0.25) is 5.91 Å². The Morgan fingerprint density at radius 1 is 1.08 bits per heavy atom. The summed E-state index contributed by atoms with van der Waals surface area (Å²) < 4.78 is 11.1. The molecule has 0 aromatic heterocycles. The van der Waals surface area contributed by atoms with Crippen molar-refractivity contribution in [1.82, 2.24) is 5.32 Å². The molecule has 4 nitrogen and oxygen atoms in total. The molecule has 0 unspecified atom stereocenters. The minimum Gasteiger partial charge on any atom is -0.489 e. The lowest BCUT2D eigenvalue weighted by Crippen LogP contribution is -2.35. The molecule has 2 aromatic rings. The lowest BCUT2D eigenvalue weighted by molar-refractivity contribution is -0.129. The van der Waals surface area contributed by atoms with E-state index < -0.39 is 0 Å². The van der Waals surface area contributed by atoms with Gasteiger partial charge in [0.1, 0.15) is 18.5 Å². The topological polar surface area (TPSA) is 47.6 Å². The third kappa shape index (κ3) is 4.83. The Hall–Kier alpha value is -2.33. The number of hydrogen-bond donors (Lipinski definition) is 1. The van der Waals surface area contributed by atoms with Gasteiger partial charge in [-0.25, -0.2) is 0 Å². The van der Waals surface area contributed by atoms with Crippen molar-refractivity contribution in [1.29, 1.82) is 0 Å². The van der Waals surface area contributed by atoms with Crippen LogP contribution < -0.4 is 10.1 Å². The third-order valence-electron chi connectivity index (χ3n) is 4.11. The molecule has 0 aliphatic carbocycles. The van der Waals surface area contributed by atoms with Gasteiger partial charge in [0.25, 0.3) is 0 Å². The lowest BCUT2D eigenvalue weighted by Gasteiger charge is -2.11. The Kier molecular flexibility index (Phi) is 5.85. The standard InChI is InChI=1S/C20H23NO3/c22-20(19-7-4-14-23-19)21-13-12-16-8-10-18(11-9-16)24-15-17-5-2-1-3-6-17/h1-3,5-6,8-11,19H,4,7,12-15H2,(H,21,22)/t19-/m1/s1. The number of carbonyl (C=O) groups excluding carboxylic acids is 1. The molecule has 1 amide bonds. The van der Waals surface area contributed by atoms with Crippen molar-refractivity contribution in [3.63, 3.8) is 0 Å². The Labute approximate surface area is 142 Å². The van der Waals surface area contributed by atoms with Gasteiger partial charge in [0.05, 0.1) is 0 Å². The van der Waals surface area contributed by atoms with Gasteiger partial charge in [-0.3, -0.25) is 4.79 Å². The molecule has 0 spiro atoms. The zero-order chi connectivity index (χ0) is 16.6. The van der Waals surface area contributed by atoms with Crippen LogP contribution in [0.2, 0.25) is 0 Å². The van der Waals surface area contributed by atoms with E-state index in [1.165, 1.54) is 5.56 Å². The van der Waals surface area contributed by atoms with Gasteiger partial charge in [-0.1, -0.05) is 42.5 Å². The summed E-state index contributed by atoms with van der Waals surface area (Å²) in [5, 5.41) is 2.94. The van der Waals surface area contributed by atoms with Gasteiger partial charge in [-0.15, -0.1) is 0 Å². The van der Waals surface area contributed by atoms with Crippen molar-refractivity contribution in [3.05, 3.63) is 65.7 Å². The van der Waals surface area contributed by atoms with Crippen LogP contribution in [0.25, 0.3) is 0 Å². The number of carbonyl (C=O) groups is 1. The zero-order valence-electron chi connectivity index (χ0n) is 13.7. The first-order valence-corrected chi connectivity index (χ1v) is 8.46. The van der Waals surface area contributed by atoms with Crippen molar-refractivity contribution in [2.24, 2.45) is 0 Å². The molecule has 0 bridgehead atoms. The SMILES string of the molecule is O=C(NCCc1ccc(OCc2ccccc2)cc1)[C@H]1CCCO1. The molecule has 0 radical (unpaired) electrons. The molecule has 2 aromatic carbocycles. The van der Waals surface area contributed by atoms with Crippen molar-refractivity contribution >= 4 is 5.91 Å². The maximum atomic E-state index is 11.9. The number of nitrogens with one attached hydrogen (secondary N) is 1. The van der Waals surface area contributed by atoms with E-state index in [4.69, 9.17) is 9.47 Å². The first-order valence-electron chi connectivity index (χ1n) is 8.46. The molecule has 1 heterocycles. The minimum absolute atomic E-state index is 0.00955. The highest BCUT2D eigenvalue weighted by Crippen LogP contribution is 2.15. The molecule has 0 saturated carbocycles. The van der Waals surface area contributed by atoms with Crippen molar-refractivity contribution in [2.45, 2.75) is 32.0 Å². The van der Waals surface area contributed by atoms with Crippen molar-refractivity contribution in [2.75, 3.05) is 13.2 Å². The highest BCUT2D eigenvalue weighted by Gasteiger charge is 2.22. The summed E-state index contributed by atoms with van der Waals surface area (Å²) in [6, 6.07) is 18.1. The van der Waals surface area contributed by atoms with Crippen LogP contribution in [0.1, 0.15) is 24.0 Å². The summed E-state index contributed by atoms with van der Waals surface area (Å²) in [7, 11) is 0. The summed E-state index contributed by atoms with van der Waals surface area (Å²) in [6.07, 6.45) is 2.36. The zero-order valence-corrected chi connectivity index (χ0v) is 13.7. The summed E-state index contributed by atoms with van der Waals surface area (Å²) in [5.74, 6) is 0.862. The van der Waals surface area contributed by atoms with E-state index >= 15 is 0 Å². The van der Waals surface area contributed by atoms with Crippen LogP contribution in [0, 0.1) is 0 Å². The number of amides is 1. The van der Waals surface area contributed by atoms with Crippen molar-refractivity contribution < 1.29 is 14.3 Å². The molecular formula is C20H23NO3. The molecule has 126 valence electrons. The van der Waals surface area contributed by atoms with Crippen LogP contribution >= 0.6 is 0 Å². The fourth-order valence-corrected chi connectivity index (χ4v) is 2.72. The van der Waals surface area contributed by atoms with Gasteiger partial charge in [0, 0.05) is 13.2 Å². The number of hydrogen-bond acceptors (Lipinski definition) is 3. The molecule has 1 fully saturated rings. The number of rotatable bonds is 7. The van der Waals surface area contributed by atoms with Gasteiger partial charge in [-0.2, -0.15) is 0 Å². The van der Waals surface area contributed by atoms with Crippen LogP contribution in [-0.4, -0.2) is 25.2 Å². The molecule has 1 saturated heterocycles. The first-order chi connectivity index (χ1) is 11.8. The van der Waals surface area contributed by atoms with Crippen LogP contribution in [0.4, 0.5) is 0 Å². The molecular weight excluding hydrogens is 302 g/mol. The van der Waals surface area contributed by atoms with Crippen LogP contribution in [0.3, 0.4) is 0 Å². The average molecular weight is 325 g/mol. The van der Waals surface area contributed by atoms with Crippen LogP contribution in [0.5, 0.6) is 5.75 Å². The van der Waals surface area contributed by atoms with Gasteiger partial charge in [-0.05, 0) is 42.5 Å². The predicted molar refractivity (Wildman–Crippen MR) is 92.9 cm³/mol. The van der Waals surface area contributed by atoms with E-state index in [9.17, 15) is 4.79 Å². The second kappa shape index (κ2) is 8.50. The summed E-state index contributed by atoms with van der Waals surface area (Å²) in [4.78, 5) is 11.9. The highest BCUT2D eigenvalue weighted by atomic mass is 16.5. The second-order valence-electron chi connectivity index (χ2n) is 5.96. The number of benzene rings is 2. The predicted octanol–water partition coefficient (Wildman–Crippen LogP) is 3.10. The van der Waals surface area contributed by atoms with E-state index in [0.29, 0.717) is 19.8 Å². The van der Waals surface area contributed by atoms with E-state index in [1.54, 1.807) is 0 Å². The molecule has 1 N–H and O–H groups in total. The van der Waals surface area contributed by atoms with E-state index in [-0.39, 0.29) is 12.0 Å². The second-order valence-corrected chi connectivity index (χ2v) is 5.96. The van der Waals surface area contributed by atoms with Crippen LogP contribution in [-0.2, 0) is 22.6 Å². The average Bonchev–Trinajstić information content (AvgIpc) is 3.17. The summed E-state index contributed by atoms with van der Waals surface area (Å²) in [6.45, 7) is 1.89. The Balaban J connectivity index is 1.40. The van der Waals surface area contributed by atoms with Crippen molar-refractivity contribution in [3.8, 4) is 5.75 Å². The molecule has 24 heavy (non-hydrogen) atoms. The van der Waals surface area contributed by atoms with Gasteiger partial charge < -0.3 is 14.8 Å². The van der Waals surface area contributed by atoms with Crippen LogP contribution in [0.15, 0.2) is 54.6 Å². The maximum Gasteiger partial charge on any atom is 0.249 e. The lowest BCUT2D eigenvalue weighted by atomic mass is 10.1. The third-order valence-corrected chi connectivity index (χ3v) is 4.11. The van der Waals surface area contributed by atoms with Gasteiger partial charge >= 0.3 is 0 Å². The Bertz CT molecular complexity index is 634. The number of ether oxygens (including phenoxy) is 2. The molecule has 3 rings (SSSR count). The first kappa shape index (κ1) is 16.5. The largest absolute Gasteiger partial charge is 0.489 e. The van der Waals surface area contributed by atoms with E-state index in [1.807, 2.05) is 54.6 Å². The van der Waals surface area contributed by atoms with E-state index in [0.717, 1.165) is 30.6 Å². The fourth-order valence-electron chi connectivity index (χ4n) is 2.72. The fraction of sp³-hybridized carbons (Fsp3) is 0.350.